The van der Waals surface area contributed by atoms with Crippen molar-refractivity contribution in [1.82, 2.24) is 0 Å². The summed E-state index contributed by atoms with van der Waals surface area (Å²) in [5.41, 5.74) is 2.67. The molecule has 3 heteroatoms. The van der Waals surface area contributed by atoms with Crippen LogP contribution >= 0.6 is 27.5 Å². The zero-order valence-electron chi connectivity index (χ0n) is 11.8. The molecule has 1 aliphatic rings. The van der Waals surface area contributed by atoms with E-state index in [1.54, 1.807) is 0 Å². The monoisotopic (exact) mass is 343 g/mol. The summed E-state index contributed by atoms with van der Waals surface area (Å²) in [5.74, 6) is 0.680. The molecule has 1 aromatic carbocycles. The SMILES string of the molecule is CC(C)CN(c1ccc(Cl)cc1CBr)C1CCCC1. The van der Waals surface area contributed by atoms with E-state index in [1.165, 1.54) is 36.9 Å². The Morgan fingerprint density at radius 2 is 2.00 bits per heavy atom. The van der Waals surface area contributed by atoms with Crippen molar-refractivity contribution in [2.24, 2.45) is 5.92 Å². The van der Waals surface area contributed by atoms with Gasteiger partial charge in [0.05, 0.1) is 0 Å². The van der Waals surface area contributed by atoms with E-state index >= 15 is 0 Å². The average Bonchev–Trinajstić information content (AvgIpc) is 2.89. The predicted molar refractivity (Wildman–Crippen MR) is 88.5 cm³/mol. The number of benzene rings is 1. The molecule has 106 valence electrons. The van der Waals surface area contributed by atoms with Crippen LogP contribution in [0.25, 0.3) is 0 Å². The van der Waals surface area contributed by atoms with Crippen molar-refractivity contribution in [2.75, 3.05) is 11.4 Å². The molecule has 19 heavy (non-hydrogen) atoms. The molecule has 0 N–H and O–H groups in total. The van der Waals surface area contributed by atoms with Gasteiger partial charge in [-0.25, -0.2) is 0 Å². The van der Waals surface area contributed by atoms with Crippen molar-refractivity contribution in [2.45, 2.75) is 50.9 Å². The van der Waals surface area contributed by atoms with Crippen LogP contribution in [0.5, 0.6) is 0 Å². The zero-order valence-corrected chi connectivity index (χ0v) is 14.2. The van der Waals surface area contributed by atoms with Gasteiger partial charge in [0.2, 0.25) is 0 Å². The summed E-state index contributed by atoms with van der Waals surface area (Å²) in [5, 5.41) is 1.69. The topological polar surface area (TPSA) is 3.24 Å². The van der Waals surface area contributed by atoms with Crippen LogP contribution in [0, 0.1) is 5.92 Å². The first-order chi connectivity index (χ1) is 9.11. The largest absolute Gasteiger partial charge is 0.368 e. The second-order valence-corrected chi connectivity index (χ2v) is 6.89. The Morgan fingerprint density at radius 1 is 1.32 bits per heavy atom. The van der Waals surface area contributed by atoms with Gasteiger partial charge in [0.1, 0.15) is 0 Å². The quantitative estimate of drug-likeness (QED) is 0.625. The van der Waals surface area contributed by atoms with Gasteiger partial charge in [0.25, 0.3) is 0 Å². The summed E-state index contributed by atoms with van der Waals surface area (Å²) in [7, 11) is 0. The highest BCUT2D eigenvalue weighted by Crippen LogP contribution is 2.33. The number of rotatable bonds is 5. The number of alkyl halides is 1. The third kappa shape index (κ3) is 3.88. The summed E-state index contributed by atoms with van der Waals surface area (Å²) in [6.07, 6.45) is 5.40. The van der Waals surface area contributed by atoms with E-state index in [4.69, 9.17) is 11.6 Å². The zero-order chi connectivity index (χ0) is 13.8. The Morgan fingerprint density at radius 3 is 2.58 bits per heavy atom. The van der Waals surface area contributed by atoms with Crippen molar-refractivity contribution in [1.29, 1.82) is 0 Å². The van der Waals surface area contributed by atoms with Crippen molar-refractivity contribution in [3.63, 3.8) is 0 Å². The Balaban J connectivity index is 2.30. The highest BCUT2D eigenvalue weighted by molar-refractivity contribution is 9.08. The van der Waals surface area contributed by atoms with E-state index in [9.17, 15) is 0 Å². The lowest BCUT2D eigenvalue weighted by molar-refractivity contribution is 0.535. The van der Waals surface area contributed by atoms with Gasteiger partial charge in [-0.3, -0.25) is 0 Å². The molecular formula is C16H23BrClN. The molecule has 0 bridgehead atoms. The van der Waals surface area contributed by atoms with Crippen molar-refractivity contribution in [3.8, 4) is 0 Å². The van der Waals surface area contributed by atoms with Gasteiger partial charge >= 0.3 is 0 Å². The molecule has 0 atom stereocenters. The molecule has 0 radical (unpaired) electrons. The van der Waals surface area contributed by atoms with Gasteiger partial charge in [0.15, 0.2) is 0 Å². The van der Waals surface area contributed by atoms with Crippen LogP contribution in [0.1, 0.15) is 45.1 Å². The molecule has 0 aromatic heterocycles. The Labute approximate surface area is 130 Å². The molecule has 0 saturated heterocycles. The molecule has 0 unspecified atom stereocenters. The van der Waals surface area contributed by atoms with E-state index in [-0.39, 0.29) is 0 Å². The first kappa shape index (κ1) is 15.2. The summed E-state index contributed by atoms with van der Waals surface area (Å²) in [6, 6.07) is 7.01. The fourth-order valence-electron chi connectivity index (χ4n) is 2.99. The molecule has 0 spiro atoms. The van der Waals surface area contributed by atoms with E-state index in [0.29, 0.717) is 12.0 Å². The molecule has 1 fully saturated rings. The molecule has 1 nitrogen and oxygen atoms in total. The van der Waals surface area contributed by atoms with Crippen LogP contribution in [0.2, 0.25) is 5.02 Å². The highest BCUT2D eigenvalue weighted by Gasteiger charge is 2.24. The normalized spacial score (nSPS) is 16.3. The highest BCUT2D eigenvalue weighted by atomic mass is 79.9. The minimum Gasteiger partial charge on any atom is -0.368 e. The predicted octanol–water partition coefficient (Wildman–Crippen LogP) is 5.64. The lowest BCUT2D eigenvalue weighted by Crippen LogP contribution is -2.36. The maximum Gasteiger partial charge on any atom is 0.0410 e. The van der Waals surface area contributed by atoms with Crippen LogP contribution in [0.15, 0.2) is 18.2 Å². The van der Waals surface area contributed by atoms with Gasteiger partial charge in [-0.2, -0.15) is 0 Å². The number of nitrogens with zero attached hydrogens (tertiary/aromatic N) is 1. The van der Waals surface area contributed by atoms with Gasteiger partial charge in [-0.15, -0.1) is 0 Å². The fourth-order valence-corrected chi connectivity index (χ4v) is 3.64. The van der Waals surface area contributed by atoms with Crippen LogP contribution in [0.3, 0.4) is 0 Å². The molecule has 1 aliphatic carbocycles. The third-order valence-corrected chi connectivity index (χ3v) is 4.66. The maximum absolute atomic E-state index is 6.13. The van der Waals surface area contributed by atoms with Crippen LogP contribution in [-0.2, 0) is 5.33 Å². The van der Waals surface area contributed by atoms with Crippen molar-refractivity contribution in [3.05, 3.63) is 28.8 Å². The number of hydrogen-bond acceptors (Lipinski definition) is 1. The van der Waals surface area contributed by atoms with Gasteiger partial charge in [-0.1, -0.05) is 54.2 Å². The van der Waals surface area contributed by atoms with E-state index in [1.807, 2.05) is 6.07 Å². The molecule has 0 aliphatic heterocycles. The molecule has 1 aromatic rings. The van der Waals surface area contributed by atoms with Gasteiger partial charge in [-0.05, 0) is 42.5 Å². The molecule has 2 rings (SSSR count). The summed E-state index contributed by atoms with van der Waals surface area (Å²) < 4.78 is 0. The smallest absolute Gasteiger partial charge is 0.0410 e. The van der Waals surface area contributed by atoms with E-state index in [0.717, 1.165) is 16.9 Å². The number of halogens is 2. The number of hydrogen-bond donors (Lipinski definition) is 0. The second-order valence-electron chi connectivity index (χ2n) is 5.89. The fraction of sp³-hybridized carbons (Fsp3) is 0.625. The van der Waals surface area contributed by atoms with E-state index < -0.39 is 0 Å². The molecule has 0 heterocycles. The van der Waals surface area contributed by atoms with Gasteiger partial charge < -0.3 is 4.90 Å². The first-order valence-electron chi connectivity index (χ1n) is 7.23. The maximum atomic E-state index is 6.13. The average molecular weight is 345 g/mol. The minimum atomic E-state index is 0.680. The Kier molecular flexibility index (Phi) is 5.58. The molecule has 0 amide bonds. The first-order valence-corrected chi connectivity index (χ1v) is 8.72. The van der Waals surface area contributed by atoms with Crippen molar-refractivity contribution >= 4 is 33.2 Å². The molecular weight excluding hydrogens is 322 g/mol. The Hall–Kier alpha value is -0.210. The lowest BCUT2D eigenvalue weighted by atomic mass is 10.1. The summed E-state index contributed by atoms with van der Waals surface area (Å²) in [6.45, 7) is 5.73. The summed E-state index contributed by atoms with van der Waals surface area (Å²) >= 11 is 9.73. The van der Waals surface area contributed by atoms with Gasteiger partial charge in [0, 0.05) is 28.6 Å². The van der Waals surface area contributed by atoms with Crippen LogP contribution in [-0.4, -0.2) is 12.6 Å². The lowest BCUT2D eigenvalue weighted by Gasteiger charge is -2.34. The standard InChI is InChI=1S/C16H23BrClN/c1-12(2)11-19(15-5-3-4-6-15)16-8-7-14(18)9-13(16)10-17/h7-9,12,15H,3-6,10-11H2,1-2H3. The Bertz CT molecular complexity index is 413. The van der Waals surface area contributed by atoms with E-state index in [2.05, 4.69) is 46.8 Å². The third-order valence-electron chi connectivity index (χ3n) is 3.82. The molecule has 1 saturated carbocycles. The summed E-state index contributed by atoms with van der Waals surface area (Å²) in [4.78, 5) is 2.62. The number of anilines is 1. The van der Waals surface area contributed by atoms with Crippen LogP contribution < -0.4 is 4.90 Å². The van der Waals surface area contributed by atoms with Crippen LogP contribution in [0.4, 0.5) is 5.69 Å². The van der Waals surface area contributed by atoms with Crippen molar-refractivity contribution < 1.29 is 0 Å². The minimum absolute atomic E-state index is 0.680. The second kappa shape index (κ2) is 6.99.